The molecule has 2 heterocycles. The Bertz CT molecular complexity index is 611. The van der Waals surface area contributed by atoms with Gasteiger partial charge in [-0.3, -0.25) is 4.79 Å². The van der Waals surface area contributed by atoms with Crippen molar-refractivity contribution in [3.63, 3.8) is 0 Å². The summed E-state index contributed by atoms with van der Waals surface area (Å²) in [5.74, 6) is 0. The molecule has 0 aliphatic rings. The smallest absolute Gasteiger partial charge is 0.269 e. The maximum atomic E-state index is 12.0. The topological polar surface area (TPSA) is 63.9 Å². The summed E-state index contributed by atoms with van der Waals surface area (Å²) in [6.07, 6.45) is 2.68. The van der Waals surface area contributed by atoms with E-state index in [1.54, 1.807) is 12.3 Å². The molecule has 0 N–H and O–H groups in total. The second-order valence-electron chi connectivity index (χ2n) is 4.12. The van der Waals surface area contributed by atoms with Crippen molar-refractivity contribution in [2.75, 3.05) is 18.5 Å². The molecule has 0 saturated heterocycles. The van der Waals surface area contributed by atoms with Gasteiger partial charge in [0, 0.05) is 31.2 Å². The Morgan fingerprint density at radius 1 is 1.53 bits per heavy atom. The Hall–Kier alpha value is -1.47. The number of rotatable bonds is 5. The molecule has 0 aliphatic heterocycles. The van der Waals surface area contributed by atoms with Crippen LogP contribution in [0.1, 0.15) is 19.0 Å². The van der Waals surface area contributed by atoms with Crippen molar-refractivity contribution >= 4 is 28.8 Å². The summed E-state index contributed by atoms with van der Waals surface area (Å²) in [6, 6.07) is 1.57. The lowest BCUT2D eigenvalue weighted by molar-refractivity contribution is 0.625. The van der Waals surface area contributed by atoms with E-state index in [1.165, 1.54) is 4.68 Å². The molecule has 8 heteroatoms. The first-order valence-electron chi connectivity index (χ1n) is 5.87. The lowest BCUT2D eigenvalue weighted by atomic mass is 10.3. The minimum atomic E-state index is -0.176. The van der Waals surface area contributed by atoms with Gasteiger partial charge in [-0.2, -0.15) is 5.10 Å². The normalized spacial score (nSPS) is 10.7. The number of hydrogen-bond acceptors (Lipinski definition) is 6. The number of aromatic nitrogens is 4. The fourth-order valence-electron chi connectivity index (χ4n) is 1.65. The van der Waals surface area contributed by atoms with E-state index in [0.717, 1.165) is 30.2 Å². The van der Waals surface area contributed by atoms with E-state index in [4.69, 9.17) is 11.6 Å². The number of hydrogen-bond donors (Lipinski definition) is 0. The molecular formula is C11H14ClN5OS. The van der Waals surface area contributed by atoms with Gasteiger partial charge in [-0.15, -0.1) is 5.10 Å². The number of halogens is 1. The van der Waals surface area contributed by atoms with Crippen LogP contribution in [-0.2, 0) is 6.54 Å². The molecule has 0 atom stereocenters. The van der Waals surface area contributed by atoms with Gasteiger partial charge in [0.05, 0.1) is 18.4 Å². The predicted molar refractivity (Wildman–Crippen MR) is 76.1 cm³/mol. The summed E-state index contributed by atoms with van der Waals surface area (Å²) in [7, 11) is 1.94. The van der Waals surface area contributed by atoms with Gasteiger partial charge in [-0.1, -0.05) is 23.0 Å². The van der Waals surface area contributed by atoms with Crippen molar-refractivity contribution in [3.05, 3.63) is 32.6 Å². The highest BCUT2D eigenvalue weighted by Gasteiger charge is 2.09. The van der Waals surface area contributed by atoms with Crippen LogP contribution in [0.5, 0.6) is 0 Å². The van der Waals surface area contributed by atoms with E-state index in [0.29, 0.717) is 10.0 Å². The van der Waals surface area contributed by atoms with Crippen LogP contribution in [-0.4, -0.2) is 33.0 Å². The molecule has 0 aromatic carbocycles. The van der Waals surface area contributed by atoms with Crippen LogP contribution in [0.15, 0.2) is 17.1 Å². The number of nitrogens with zero attached hydrogens (tertiary/aromatic N) is 5. The SMILES string of the molecule is CCCN(C)c1cnn(Cc2nnsc2Cl)c(=O)c1. The van der Waals surface area contributed by atoms with Crippen molar-refractivity contribution < 1.29 is 0 Å². The minimum absolute atomic E-state index is 0.176. The molecule has 0 fully saturated rings. The summed E-state index contributed by atoms with van der Waals surface area (Å²) in [4.78, 5) is 14.0. The van der Waals surface area contributed by atoms with Crippen LogP contribution in [0.2, 0.25) is 4.34 Å². The van der Waals surface area contributed by atoms with Gasteiger partial charge in [0.15, 0.2) is 0 Å². The Labute approximate surface area is 119 Å². The molecule has 2 rings (SSSR count). The largest absolute Gasteiger partial charge is 0.373 e. The standard InChI is InChI=1S/C11H14ClN5OS/c1-3-4-16(2)8-5-10(18)17(13-6-8)7-9-11(12)19-15-14-9/h5-6H,3-4,7H2,1-2H3. The molecule has 0 bridgehead atoms. The first kappa shape index (κ1) is 14.0. The lowest BCUT2D eigenvalue weighted by Crippen LogP contribution is -2.26. The summed E-state index contributed by atoms with van der Waals surface area (Å²) in [5.41, 5.74) is 1.20. The predicted octanol–water partition coefficient (Wildman–Crippen LogP) is 1.64. The monoisotopic (exact) mass is 299 g/mol. The fourth-order valence-corrected chi connectivity index (χ4v) is 2.26. The van der Waals surface area contributed by atoms with Crippen LogP contribution in [0, 0.1) is 0 Å². The quantitative estimate of drug-likeness (QED) is 0.840. The van der Waals surface area contributed by atoms with Gasteiger partial charge >= 0.3 is 0 Å². The fraction of sp³-hybridized carbons (Fsp3) is 0.455. The summed E-state index contributed by atoms with van der Waals surface area (Å²) in [6.45, 7) is 3.21. The van der Waals surface area contributed by atoms with Gasteiger partial charge in [0.1, 0.15) is 10.0 Å². The lowest BCUT2D eigenvalue weighted by Gasteiger charge is -2.17. The zero-order chi connectivity index (χ0) is 13.8. The Balaban J connectivity index is 2.20. The average molecular weight is 300 g/mol. The first-order chi connectivity index (χ1) is 9.11. The second kappa shape index (κ2) is 6.12. The highest BCUT2D eigenvalue weighted by molar-refractivity contribution is 7.10. The van der Waals surface area contributed by atoms with E-state index in [9.17, 15) is 4.79 Å². The molecule has 2 aromatic heterocycles. The van der Waals surface area contributed by atoms with Crippen molar-refractivity contribution in [3.8, 4) is 0 Å². The van der Waals surface area contributed by atoms with Crippen LogP contribution in [0.4, 0.5) is 5.69 Å². The third-order valence-electron chi connectivity index (χ3n) is 2.66. The molecule has 0 saturated carbocycles. The van der Waals surface area contributed by atoms with Gasteiger partial charge < -0.3 is 4.90 Å². The zero-order valence-electron chi connectivity index (χ0n) is 10.7. The Kier molecular flexibility index (Phi) is 4.49. The minimum Gasteiger partial charge on any atom is -0.373 e. The molecule has 6 nitrogen and oxygen atoms in total. The molecule has 0 unspecified atom stereocenters. The molecule has 19 heavy (non-hydrogen) atoms. The van der Waals surface area contributed by atoms with Crippen LogP contribution in [0.25, 0.3) is 0 Å². The van der Waals surface area contributed by atoms with Crippen LogP contribution < -0.4 is 10.5 Å². The highest BCUT2D eigenvalue weighted by Crippen LogP contribution is 2.17. The van der Waals surface area contributed by atoms with Gasteiger partial charge in [-0.05, 0) is 6.42 Å². The third kappa shape index (κ3) is 3.30. The maximum Gasteiger partial charge on any atom is 0.269 e. The van der Waals surface area contributed by atoms with Crippen molar-refractivity contribution in [1.29, 1.82) is 0 Å². The molecule has 102 valence electrons. The van der Waals surface area contributed by atoms with Gasteiger partial charge in [-0.25, -0.2) is 4.68 Å². The summed E-state index contributed by atoms with van der Waals surface area (Å²) < 4.78 is 5.54. The zero-order valence-corrected chi connectivity index (χ0v) is 12.3. The molecule has 0 amide bonds. The van der Waals surface area contributed by atoms with Gasteiger partial charge in [0.2, 0.25) is 0 Å². The van der Waals surface area contributed by atoms with Crippen LogP contribution in [0.3, 0.4) is 0 Å². The summed E-state index contributed by atoms with van der Waals surface area (Å²) in [5, 5.41) is 8.00. The molecule has 0 aliphatic carbocycles. The van der Waals surface area contributed by atoms with E-state index < -0.39 is 0 Å². The van der Waals surface area contributed by atoms with Crippen molar-refractivity contribution in [2.24, 2.45) is 0 Å². The Morgan fingerprint density at radius 3 is 2.89 bits per heavy atom. The van der Waals surface area contributed by atoms with E-state index in [-0.39, 0.29) is 12.1 Å². The number of anilines is 1. The first-order valence-corrected chi connectivity index (χ1v) is 7.02. The summed E-state index contributed by atoms with van der Waals surface area (Å²) >= 11 is 7.00. The second-order valence-corrected chi connectivity index (χ2v) is 5.48. The third-order valence-corrected chi connectivity index (χ3v) is 3.65. The van der Waals surface area contributed by atoms with Gasteiger partial charge in [0.25, 0.3) is 5.56 Å². The Morgan fingerprint density at radius 2 is 2.32 bits per heavy atom. The van der Waals surface area contributed by atoms with Crippen LogP contribution >= 0.6 is 23.1 Å². The molecule has 0 radical (unpaired) electrons. The van der Waals surface area contributed by atoms with E-state index >= 15 is 0 Å². The molecule has 2 aromatic rings. The van der Waals surface area contributed by atoms with Crippen molar-refractivity contribution in [1.82, 2.24) is 19.4 Å². The van der Waals surface area contributed by atoms with E-state index in [2.05, 4.69) is 21.6 Å². The molecule has 0 spiro atoms. The molecular weight excluding hydrogens is 286 g/mol. The van der Waals surface area contributed by atoms with E-state index in [1.807, 2.05) is 11.9 Å². The maximum absolute atomic E-state index is 12.0. The van der Waals surface area contributed by atoms with Crippen molar-refractivity contribution in [2.45, 2.75) is 19.9 Å². The average Bonchev–Trinajstić information content (AvgIpc) is 2.78. The highest BCUT2D eigenvalue weighted by atomic mass is 35.5.